The summed E-state index contributed by atoms with van der Waals surface area (Å²) in [5, 5.41) is 11.8. The van der Waals surface area contributed by atoms with E-state index in [1.807, 2.05) is 83.8 Å². The summed E-state index contributed by atoms with van der Waals surface area (Å²) in [6, 6.07) is 27.8. The Morgan fingerprint density at radius 1 is 0.966 bits per heavy atom. The number of methoxy groups -OCH3 is 1. The Kier molecular flexibility index (Phi) is 5.98. The van der Waals surface area contributed by atoms with E-state index in [-0.39, 0.29) is 0 Å². The summed E-state index contributed by atoms with van der Waals surface area (Å²) < 4.78 is 5.22. The van der Waals surface area contributed by atoms with Crippen molar-refractivity contribution in [1.82, 2.24) is 0 Å². The molecule has 1 aliphatic heterocycles. The number of aliphatic hydroxyl groups is 1. The van der Waals surface area contributed by atoms with Gasteiger partial charge >= 0.3 is 0 Å². The van der Waals surface area contributed by atoms with Crippen molar-refractivity contribution in [2.24, 2.45) is 4.99 Å². The molecule has 0 aliphatic carbocycles. The molecule has 4 rings (SSSR count). The molecule has 4 nitrogen and oxygen atoms in total. The van der Waals surface area contributed by atoms with Crippen LogP contribution in [0.4, 0.5) is 5.69 Å². The van der Waals surface area contributed by atoms with Crippen molar-refractivity contribution in [3.8, 4) is 5.75 Å². The molecular formula is C24H22N2O2S. The molecule has 146 valence electrons. The summed E-state index contributed by atoms with van der Waals surface area (Å²) in [4.78, 5) is 7.52. The number of hydrogen-bond acceptors (Lipinski definition) is 4. The van der Waals surface area contributed by atoms with Crippen molar-refractivity contribution < 1.29 is 9.84 Å². The first kappa shape index (κ1) is 19.3. The van der Waals surface area contributed by atoms with Crippen LogP contribution in [0.25, 0.3) is 6.08 Å². The van der Waals surface area contributed by atoms with Gasteiger partial charge in [-0.2, -0.15) is 0 Å². The minimum absolute atomic E-state index is 0.565. The number of amidine groups is 1. The summed E-state index contributed by atoms with van der Waals surface area (Å²) in [5.41, 5.74) is 3.05. The van der Waals surface area contributed by atoms with Gasteiger partial charge in [0.15, 0.2) is 11.4 Å². The van der Waals surface area contributed by atoms with Gasteiger partial charge in [0.25, 0.3) is 0 Å². The van der Waals surface area contributed by atoms with Crippen molar-refractivity contribution in [1.29, 1.82) is 0 Å². The first-order valence-electron chi connectivity index (χ1n) is 9.39. The topological polar surface area (TPSA) is 45.1 Å². The highest BCUT2D eigenvalue weighted by atomic mass is 32.2. The molecule has 1 N–H and O–H groups in total. The number of ether oxygens (including phenoxy) is 1. The SMILES string of the molecule is COc1ccc(/C=C2\SC(=NCc3ccccc3)N(c3ccccc3)C2O)cc1. The lowest BCUT2D eigenvalue weighted by Gasteiger charge is -2.22. The summed E-state index contributed by atoms with van der Waals surface area (Å²) in [6.07, 6.45) is 1.22. The number of para-hydroxylation sites is 1. The minimum Gasteiger partial charge on any atom is -0.497 e. The Balaban J connectivity index is 1.65. The van der Waals surface area contributed by atoms with E-state index in [9.17, 15) is 5.11 Å². The Morgan fingerprint density at radius 3 is 2.28 bits per heavy atom. The molecule has 29 heavy (non-hydrogen) atoms. The lowest BCUT2D eigenvalue weighted by molar-refractivity contribution is 0.233. The largest absolute Gasteiger partial charge is 0.497 e. The molecule has 0 spiro atoms. The Bertz CT molecular complexity index is 1000. The lowest BCUT2D eigenvalue weighted by atomic mass is 10.2. The number of aliphatic hydroxyl groups excluding tert-OH is 1. The molecule has 3 aromatic carbocycles. The van der Waals surface area contributed by atoms with Crippen LogP contribution in [0.2, 0.25) is 0 Å². The molecule has 1 aliphatic rings. The van der Waals surface area contributed by atoms with Gasteiger partial charge in [-0.25, -0.2) is 0 Å². The van der Waals surface area contributed by atoms with Crippen LogP contribution in [-0.4, -0.2) is 23.6 Å². The fourth-order valence-corrected chi connectivity index (χ4v) is 4.15. The monoisotopic (exact) mass is 402 g/mol. The quantitative estimate of drug-likeness (QED) is 0.640. The van der Waals surface area contributed by atoms with Crippen molar-refractivity contribution in [3.05, 3.63) is 101 Å². The summed E-state index contributed by atoms with van der Waals surface area (Å²) >= 11 is 1.50. The van der Waals surface area contributed by atoms with E-state index in [2.05, 4.69) is 12.1 Å². The molecular weight excluding hydrogens is 380 g/mol. The second-order valence-electron chi connectivity index (χ2n) is 6.59. The maximum atomic E-state index is 11.1. The first-order chi connectivity index (χ1) is 14.2. The van der Waals surface area contributed by atoms with Crippen LogP contribution in [0.5, 0.6) is 5.75 Å². The predicted molar refractivity (Wildman–Crippen MR) is 121 cm³/mol. The maximum Gasteiger partial charge on any atom is 0.171 e. The molecule has 1 unspecified atom stereocenters. The van der Waals surface area contributed by atoms with E-state index >= 15 is 0 Å². The van der Waals surface area contributed by atoms with Crippen molar-refractivity contribution in [2.45, 2.75) is 12.8 Å². The zero-order chi connectivity index (χ0) is 20.1. The molecule has 1 saturated heterocycles. The molecule has 0 radical (unpaired) electrons. The highest BCUT2D eigenvalue weighted by Gasteiger charge is 2.34. The average molecular weight is 403 g/mol. The van der Waals surface area contributed by atoms with Gasteiger partial charge in [-0.15, -0.1) is 0 Å². The highest BCUT2D eigenvalue weighted by molar-refractivity contribution is 8.18. The van der Waals surface area contributed by atoms with Crippen LogP contribution in [0.1, 0.15) is 11.1 Å². The van der Waals surface area contributed by atoms with E-state index in [1.54, 1.807) is 7.11 Å². The summed E-state index contributed by atoms with van der Waals surface area (Å²) in [7, 11) is 1.65. The molecule has 0 amide bonds. The summed E-state index contributed by atoms with van der Waals surface area (Å²) in [6.45, 7) is 0.565. The van der Waals surface area contributed by atoms with Gasteiger partial charge in [-0.3, -0.25) is 9.89 Å². The van der Waals surface area contributed by atoms with Gasteiger partial charge in [-0.1, -0.05) is 72.4 Å². The first-order valence-corrected chi connectivity index (χ1v) is 10.2. The highest BCUT2D eigenvalue weighted by Crippen LogP contribution is 2.39. The number of thioether (sulfide) groups is 1. The minimum atomic E-state index is -0.779. The van der Waals surface area contributed by atoms with Gasteiger partial charge in [0.2, 0.25) is 0 Å². The van der Waals surface area contributed by atoms with Gasteiger partial charge in [0.05, 0.1) is 13.7 Å². The van der Waals surface area contributed by atoms with Crippen LogP contribution >= 0.6 is 11.8 Å². The number of aliphatic imine (C=N–C) groups is 1. The van der Waals surface area contributed by atoms with Gasteiger partial charge in [0.1, 0.15) is 5.75 Å². The molecule has 5 heteroatoms. The van der Waals surface area contributed by atoms with Crippen LogP contribution < -0.4 is 9.64 Å². The third kappa shape index (κ3) is 4.53. The van der Waals surface area contributed by atoms with Crippen LogP contribution in [-0.2, 0) is 6.54 Å². The normalized spacial score (nSPS) is 19.1. The number of anilines is 1. The third-order valence-corrected chi connectivity index (χ3v) is 5.69. The number of hydrogen-bond donors (Lipinski definition) is 1. The van der Waals surface area contributed by atoms with Crippen LogP contribution in [0, 0.1) is 0 Å². The Hall–Kier alpha value is -3.02. The number of rotatable bonds is 5. The molecule has 0 saturated carbocycles. The maximum absolute atomic E-state index is 11.1. The van der Waals surface area contributed by atoms with E-state index in [0.717, 1.165) is 32.6 Å². The molecule has 1 atom stereocenters. The number of benzene rings is 3. The average Bonchev–Trinajstić information content (AvgIpc) is 3.09. The standard InChI is InChI=1S/C24H22N2O2S/c1-28-21-14-12-18(13-15-21)16-22-23(27)26(20-10-6-3-7-11-20)24(29-22)25-17-19-8-4-2-5-9-19/h2-16,23,27H,17H2,1H3/b22-16-,25-24?. The zero-order valence-electron chi connectivity index (χ0n) is 16.1. The van der Waals surface area contributed by atoms with E-state index < -0.39 is 6.23 Å². The Labute approximate surface area is 175 Å². The summed E-state index contributed by atoms with van der Waals surface area (Å²) in [5.74, 6) is 0.808. The molecule has 0 bridgehead atoms. The van der Waals surface area contributed by atoms with Crippen molar-refractivity contribution >= 4 is 28.7 Å². The van der Waals surface area contributed by atoms with Gasteiger partial charge in [0, 0.05) is 10.6 Å². The molecule has 0 aromatic heterocycles. The smallest absolute Gasteiger partial charge is 0.171 e. The second kappa shape index (κ2) is 8.99. The molecule has 1 fully saturated rings. The third-order valence-electron chi connectivity index (χ3n) is 4.61. The van der Waals surface area contributed by atoms with E-state index in [0.29, 0.717) is 6.54 Å². The fraction of sp³-hybridized carbons (Fsp3) is 0.125. The van der Waals surface area contributed by atoms with Crippen LogP contribution in [0.3, 0.4) is 0 Å². The Morgan fingerprint density at radius 2 is 1.62 bits per heavy atom. The van der Waals surface area contributed by atoms with Crippen molar-refractivity contribution in [3.63, 3.8) is 0 Å². The predicted octanol–water partition coefficient (Wildman–Crippen LogP) is 5.16. The molecule has 1 heterocycles. The second-order valence-corrected chi connectivity index (χ2v) is 7.63. The van der Waals surface area contributed by atoms with Gasteiger partial charge < -0.3 is 9.84 Å². The lowest BCUT2D eigenvalue weighted by Crippen LogP contribution is -2.33. The fourth-order valence-electron chi connectivity index (χ4n) is 3.10. The molecule has 3 aromatic rings. The number of nitrogens with zero attached hydrogens (tertiary/aromatic N) is 2. The van der Waals surface area contributed by atoms with Crippen LogP contribution in [0.15, 0.2) is 94.8 Å². The van der Waals surface area contributed by atoms with E-state index in [1.165, 1.54) is 11.8 Å². The van der Waals surface area contributed by atoms with Crippen molar-refractivity contribution in [2.75, 3.05) is 12.0 Å². The van der Waals surface area contributed by atoms with Gasteiger partial charge in [-0.05, 0) is 41.5 Å². The van der Waals surface area contributed by atoms with E-state index in [4.69, 9.17) is 9.73 Å². The zero-order valence-corrected chi connectivity index (χ0v) is 16.9.